The Bertz CT molecular complexity index is 4460. The van der Waals surface area contributed by atoms with Gasteiger partial charge < -0.3 is 18.9 Å². The van der Waals surface area contributed by atoms with Gasteiger partial charge in [-0.1, -0.05) is 121 Å². The Hall–Kier alpha value is -10.6. The second kappa shape index (κ2) is 20.3. The largest absolute Gasteiger partial charge is 0.310 e. The molecule has 2 aromatic heterocycles. The van der Waals surface area contributed by atoms with Crippen LogP contribution in [0.2, 0.25) is 0 Å². The van der Waals surface area contributed by atoms with Crippen LogP contribution in [0.1, 0.15) is 0 Å². The Kier molecular flexibility index (Phi) is 12.3. The zero-order valence-corrected chi connectivity index (χ0v) is 43.5. The van der Waals surface area contributed by atoms with E-state index in [4.69, 9.17) is 0 Å². The molecule has 2 heterocycles. The van der Waals surface area contributed by atoms with Crippen molar-refractivity contribution in [2.45, 2.75) is 0 Å². The molecule has 82 heavy (non-hydrogen) atoms. The first-order valence-corrected chi connectivity index (χ1v) is 26.6. The van der Waals surface area contributed by atoms with Crippen molar-refractivity contribution in [2.24, 2.45) is 0 Å². The highest BCUT2D eigenvalue weighted by molar-refractivity contribution is 6.12. The average Bonchev–Trinajstić information content (AvgIpc) is 3.67. The molecule has 0 spiro atoms. The van der Waals surface area contributed by atoms with Gasteiger partial charge in [0.2, 0.25) is 0 Å². The minimum absolute atomic E-state index is 0.313. The van der Waals surface area contributed by atoms with E-state index >= 15 is 8.78 Å². The number of benzene rings is 12. The van der Waals surface area contributed by atoms with E-state index < -0.39 is 23.3 Å². The number of halogens is 6. The third-order valence-corrected chi connectivity index (χ3v) is 15.4. The second-order valence-electron chi connectivity index (χ2n) is 20.1. The molecule has 0 saturated carbocycles. The topological polar surface area (TPSA) is 16.3 Å². The molecule has 10 heteroatoms. The van der Waals surface area contributed by atoms with Crippen LogP contribution < -0.4 is 9.80 Å². The van der Waals surface area contributed by atoms with Crippen molar-refractivity contribution in [1.82, 2.24) is 9.13 Å². The van der Waals surface area contributed by atoms with Gasteiger partial charge >= 0.3 is 0 Å². The molecule has 12 aromatic carbocycles. The fourth-order valence-electron chi connectivity index (χ4n) is 11.5. The molecule has 0 saturated heterocycles. The minimum Gasteiger partial charge on any atom is -0.310 e. The van der Waals surface area contributed by atoms with Crippen molar-refractivity contribution in [3.8, 4) is 44.8 Å². The van der Waals surface area contributed by atoms with Crippen LogP contribution in [0.3, 0.4) is 0 Å². The van der Waals surface area contributed by atoms with E-state index in [1.54, 1.807) is 36.4 Å². The lowest BCUT2D eigenvalue weighted by molar-refractivity contribution is 0.508. The van der Waals surface area contributed by atoms with E-state index in [0.29, 0.717) is 22.5 Å². The van der Waals surface area contributed by atoms with Crippen molar-refractivity contribution < 1.29 is 26.3 Å². The van der Waals surface area contributed by atoms with Gasteiger partial charge in [0.15, 0.2) is 23.3 Å². The summed E-state index contributed by atoms with van der Waals surface area (Å²) in [6, 6.07) is 81.4. The molecule has 0 N–H and O–H groups in total. The highest BCUT2D eigenvalue weighted by Gasteiger charge is 2.22. The maximum atomic E-state index is 15.1. The molecule has 0 aliphatic carbocycles. The molecule has 14 rings (SSSR count). The van der Waals surface area contributed by atoms with Gasteiger partial charge in [0.05, 0.1) is 22.1 Å². The maximum Gasteiger partial charge on any atom is 0.160 e. The van der Waals surface area contributed by atoms with Gasteiger partial charge in [0.1, 0.15) is 11.6 Å². The van der Waals surface area contributed by atoms with E-state index in [2.05, 4.69) is 70.5 Å². The summed E-state index contributed by atoms with van der Waals surface area (Å²) in [5.74, 6) is -4.33. The predicted molar refractivity (Wildman–Crippen MR) is 321 cm³/mol. The third-order valence-electron chi connectivity index (χ3n) is 15.4. The van der Waals surface area contributed by atoms with Crippen LogP contribution in [0.4, 0.5) is 60.5 Å². The summed E-state index contributed by atoms with van der Waals surface area (Å²) in [5, 5.41) is 3.68. The van der Waals surface area contributed by atoms with Crippen molar-refractivity contribution in [2.75, 3.05) is 9.80 Å². The summed E-state index contributed by atoms with van der Waals surface area (Å²) in [6.07, 6.45) is 0. The Balaban J connectivity index is 0.849. The van der Waals surface area contributed by atoms with E-state index in [9.17, 15) is 17.6 Å². The first-order chi connectivity index (χ1) is 40.1. The standard InChI is InChI=1S/C72H44F6N4/c73-63-13-5-1-9-57(63)47-21-29-51(30-22-47)79(53-35-39-71-61(41-53)59-11-3-7-15-69(59)81(71)55-33-37-65(75)67(77)43-55)49-25-17-45(18-26-49)46-19-27-50(28-20-46)80(52-31-23-48(24-32-52)58-10-2-6-14-64(58)74)54-36-40-72-62(42-54)60-12-4-8-16-70(60)82(72)56-34-38-66(76)68(78)44-56/h1-44H. The van der Waals surface area contributed by atoms with Gasteiger partial charge in [-0.05, 0) is 156 Å². The number of anilines is 6. The quantitative estimate of drug-likeness (QED) is 0.120. The van der Waals surface area contributed by atoms with Gasteiger partial charge in [0, 0.05) is 90.3 Å². The average molecular weight is 1080 g/mol. The van der Waals surface area contributed by atoms with E-state index in [1.807, 2.05) is 143 Å². The summed E-state index contributed by atoms with van der Waals surface area (Å²) in [5.41, 5.74) is 13.7. The van der Waals surface area contributed by atoms with Crippen molar-refractivity contribution in [3.05, 3.63) is 302 Å². The number of rotatable bonds is 11. The molecular formula is C72H44F6N4. The molecule has 14 aromatic rings. The van der Waals surface area contributed by atoms with Crippen molar-refractivity contribution in [1.29, 1.82) is 0 Å². The predicted octanol–water partition coefficient (Wildman–Crippen LogP) is 20.7. The Labute approximate surface area is 467 Å². The zero-order chi connectivity index (χ0) is 55.6. The van der Waals surface area contributed by atoms with E-state index in [-0.39, 0.29) is 11.6 Å². The Morgan fingerprint density at radius 2 is 0.537 bits per heavy atom. The van der Waals surface area contributed by atoms with Crippen LogP contribution in [-0.2, 0) is 0 Å². The summed E-state index contributed by atoms with van der Waals surface area (Å²) < 4.78 is 91.9. The third kappa shape index (κ3) is 8.69. The van der Waals surface area contributed by atoms with Crippen LogP contribution in [-0.4, -0.2) is 9.13 Å². The summed E-state index contributed by atoms with van der Waals surface area (Å²) >= 11 is 0. The first-order valence-electron chi connectivity index (χ1n) is 26.6. The molecular weight excluding hydrogens is 1030 g/mol. The summed E-state index contributed by atoms with van der Waals surface area (Å²) in [7, 11) is 0. The minimum atomic E-state index is -0.933. The van der Waals surface area contributed by atoms with Crippen LogP contribution in [0, 0.1) is 34.9 Å². The lowest BCUT2D eigenvalue weighted by Crippen LogP contribution is -2.10. The molecule has 0 unspecified atom stereocenters. The molecule has 0 radical (unpaired) electrons. The van der Waals surface area contributed by atoms with Crippen molar-refractivity contribution >= 4 is 77.7 Å². The number of nitrogens with zero attached hydrogens (tertiary/aromatic N) is 4. The number of fused-ring (bicyclic) bond motifs is 6. The Morgan fingerprint density at radius 3 is 0.902 bits per heavy atom. The fourth-order valence-corrected chi connectivity index (χ4v) is 11.5. The highest BCUT2D eigenvalue weighted by atomic mass is 19.2. The lowest BCUT2D eigenvalue weighted by atomic mass is 10.0. The van der Waals surface area contributed by atoms with E-state index in [0.717, 1.165) is 112 Å². The molecule has 4 nitrogen and oxygen atoms in total. The molecule has 0 atom stereocenters. The van der Waals surface area contributed by atoms with Gasteiger partial charge in [0.25, 0.3) is 0 Å². The van der Waals surface area contributed by atoms with Gasteiger partial charge in [-0.2, -0.15) is 0 Å². The van der Waals surface area contributed by atoms with Crippen LogP contribution in [0.15, 0.2) is 267 Å². The fraction of sp³-hybridized carbons (Fsp3) is 0. The normalized spacial score (nSPS) is 11.5. The highest BCUT2D eigenvalue weighted by Crippen LogP contribution is 2.44. The number of aromatic nitrogens is 2. The Morgan fingerprint density at radius 1 is 0.220 bits per heavy atom. The van der Waals surface area contributed by atoms with Crippen LogP contribution in [0.25, 0.3) is 88.4 Å². The molecule has 0 amide bonds. The molecule has 0 bridgehead atoms. The van der Waals surface area contributed by atoms with Gasteiger partial charge in [-0.25, -0.2) is 26.3 Å². The molecule has 0 fully saturated rings. The lowest BCUT2D eigenvalue weighted by Gasteiger charge is -2.27. The number of hydrogen-bond donors (Lipinski definition) is 0. The number of para-hydroxylation sites is 2. The SMILES string of the molecule is Fc1ccc(-n2c3ccccc3c3cc(N(c4ccc(-c5ccc(N(c6ccc(-c7ccccc7F)cc6)c6ccc7c(c6)c6ccccc6n7-c6ccc(F)c(F)c6)cc5)cc4)c4ccc(-c5ccccc5F)cc4)ccc32)cc1F. The van der Waals surface area contributed by atoms with Crippen LogP contribution in [0.5, 0.6) is 0 Å². The summed E-state index contributed by atoms with van der Waals surface area (Å²) in [6.45, 7) is 0. The summed E-state index contributed by atoms with van der Waals surface area (Å²) in [4.78, 5) is 4.28. The smallest absolute Gasteiger partial charge is 0.160 e. The molecule has 0 aliphatic heterocycles. The molecule has 0 aliphatic rings. The van der Waals surface area contributed by atoms with Crippen molar-refractivity contribution in [3.63, 3.8) is 0 Å². The van der Waals surface area contributed by atoms with E-state index in [1.165, 1.54) is 24.3 Å². The van der Waals surface area contributed by atoms with Gasteiger partial charge in [-0.15, -0.1) is 0 Å². The first kappa shape index (κ1) is 49.7. The monoisotopic (exact) mass is 1080 g/mol. The molecule has 394 valence electrons. The number of hydrogen-bond acceptors (Lipinski definition) is 2. The van der Waals surface area contributed by atoms with Crippen LogP contribution >= 0.6 is 0 Å². The second-order valence-corrected chi connectivity index (χ2v) is 20.1. The zero-order valence-electron chi connectivity index (χ0n) is 43.5. The maximum absolute atomic E-state index is 15.1. The van der Waals surface area contributed by atoms with Gasteiger partial charge in [-0.3, -0.25) is 0 Å².